The zero-order valence-electron chi connectivity index (χ0n) is 10.8. The Kier molecular flexibility index (Phi) is 3.78. The highest BCUT2D eigenvalue weighted by atomic mass is 16.1. The van der Waals surface area contributed by atoms with Gasteiger partial charge in [0.1, 0.15) is 0 Å². The van der Waals surface area contributed by atoms with Crippen LogP contribution in [0.25, 0.3) is 0 Å². The molecule has 1 aliphatic carbocycles. The van der Waals surface area contributed by atoms with Gasteiger partial charge in [-0.15, -0.1) is 0 Å². The minimum absolute atomic E-state index is 0.309. The SMILES string of the molecule is Cc1cccc(C)c1CC1=CC(=O)CCCC1. The Morgan fingerprint density at radius 1 is 1.06 bits per heavy atom. The van der Waals surface area contributed by atoms with E-state index in [1.54, 1.807) is 0 Å². The van der Waals surface area contributed by atoms with Crippen molar-refractivity contribution in [2.45, 2.75) is 46.0 Å². The molecule has 17 heavy (non-hydrogen) atoms. The summed E-state index contributed by atoms with van der Waals surface area (Å²) in [6.07, 6.45) is 6.85. The molecule has 0 spiro atoms. The van der Waals surface area contributed by atoms with Gasteiger partial charge in [0.2, 0.25) is 0 Å². The first-order chi connectivity index (χ1) is 8.16. The first-order valence-electron chi connectivity index (χ1n) is 6.44. The minimum atomic E-state index is 0.309. The van der Waals surface area contributed by atoms with Crippen molar-refractivity contribution in [2.75, 3.05) is 0 Å². The van der Waals surface area contributed by atoms with Crippen LogP contribution in [0, 0.1) is 13.8 Å². The van der Waals surface area contributed by atoms with Crippen LogP contribution < -0.4 is 0 Å². The normalized spacial score (nSPS) is 16.6. The van der Waals surface area contributed by atoms with E-state index in [0.29, 0.717) is 5.78 Å². The van der Waals surface area contributed by atoms with E-state index in [1.807, 2.05) is 6.08 Å². The number of benzene rings is 1. The van der Waals surface area contributed by atoms with E-state index in [0.717, 1.165) is 32.1 Å². The van der Waals surface area contributed by atoms with Crippen molar-refractivity contribution < 1.29 is 4.79 Å². The predicted molar refractivity (Wildman–Crippen MR) is 71.2 cm³/mol. The molecule has 0 heterocycles. The fraction of sp³-hybridized carbons (Fsp3) is 0.438. The molecular formula is C16H20O. The molecule has 1 aromatic rings. The first-order valence-corrected chi connectivity index (χ1v) is 6.44. The van der Waals surface area contributed by atoms with Crippen molar-refractivity contribution in [3.05, 3.63) is 46.5 Å². The van der Waals surface area contributed by atoms with Crippen molar-refractivity contribution in [3.8, 4) is 0 Å². The number of carbonyl (C=O) groups is 1. The molecule has 0 unspecified atom stereocenters. The number of aryl methyl sites for hydroxylation is 2. The molecule has 1 aliphatic rings. The monoisotopic (exact) mass is 228 g/mol. The van der Waals surface area contributed by atoms with Gasteiger partial charge in [-0.05, 0) is 62.3 Å². The molecule has 0 atom stereocenters. The maximum atomic E-state index is 11.6. The highest BCUT2D eigenvalue weighted by Crippen LogP contribution is 2.23. The van der Waals surface area contributed by atoms with E-state index < -0.39 is 0 Å². The van der Waals surface area contributed by atoms with Gasteiger partial charge in [-0.2, -0.15) is 0 Å². The lowest BCUT2D eigenvalue weighted by Crippen LogP contribution is -1.98. The summed E-state index contributed by atoms with van der Waals surface area (Å²) in [7, 11) is 0. The van der Waals surface area contributed by atoms with E-state index >= 15 is 0 Å². The second-order valence-electron chi connectivity index (χ2n) is 5.02. The molecule has 0 saturated heterocycles. The van der Waals surface area contributed by atoms with E-state index in [-0.39, 0.29) is 0 Å². The quantitative estimate of drug-likeness (QED) is 0.750. The number of hydrogen-bond donors (Lipinski definition) is 0. The lowest BCUT2D eigenvalue weighted by atomic mass is 9.94. The second kappa shape index (κ2) is 5.31. The average Bonchev–Trinajstić information content (AvgIpc) is 2.48. The van der Waals surface area contributed by atoms with Crippen LogP contribution >= 0.6 is 0 Å². The smallest absolute Gasteiger partial charge is 0.155 e. The number of ketones is 1. The molecular weight excluding hydrogens is 208 g/mol. The lowest BCUT2D eigenvalue weighted by molar-refractivity contribution is -0.114. The maximum Gasteiger partial charge on any atom is 0.155 e. The van der Waals surface area contributed by atoms with Crippen LogP contribution in [0.4, 0.5) is 0 Å². The predicted octanol–water partition coefficient (Wildman–Crippen LogP) is 3.92. The number of allylic oxidation sites excluding steroid dienone is 2. The van der Waals surface area contributed by atoms with Crippen molar-refractivity contribution in [2.24, 2.45) is 0 Å². The number of rotatable bonds is 2. The van der Waals surface area contributed by atoms with Gasteiger partial charge in [0.25, 0.3) is 0 Å². The van der Waals surface area contributed by atoms with Crippen LogP contribution in [0.2, 0.25) is 0 Å². The molecule has 0 saturated carbocycles. The Balaban J connectivity index is 2.22. The summed E-state index contributed by atoms with van der Waals surface area (Å²) in [4.78, 5) is 11.6. The Morgan fingerprint density at radius 3 is 2.41 bits per heavy atom. The Morgan fingerprint density at radius 2 is 1.71 bits per heavy atom. The van der Waals surface area contributed by atoms with Gasteiger partial charge in [-0.1, -0.05) is 23.8 Å². The van der Waals surface area contributed by atoms with Gasteiger partial charge < -0.3 is 0 Å². The second-order valence-corrected chi connectivity index (χ2v) is 5.02. The standard InChI is InChI=1S/C16H20O/c1-12-6-5-7-13(2)16(12)11-14-8-3-4-9-15(17)10-14/h5-7,10H,3-4,8-9,11H2,1-2H3. The van der Waals surface area contributed by atoms with Gasteiger partial charge in [-0.25, -0.2) is 0 Å². The largest absolute Gasteiger partial charge is 0.295 e. The van der Waals surface area contributed by atoms with Crippen LogP contribution in [0.1, 0.15) is 42.4 Å². The van der Waals surface area contributed by atoms with Gasteiger partial charge in [-0.3, -0.25) is 4.79 Å². The molecule has 2 rings (SSSR count). The fourth-order valence-corrected chi connectivity index (χ4v) is 2.52. The third-order valence-corrected chi connectivity index (χ3v) is 3.58. The summed E-state index contributed by atoms with van der Waals surface area (Å²) in [6, 6.07) is 6.41. The molecule has 0 bridgehead atoms. The molecule has 1 aromatic carbocycles. The van der Waals surface area contributed by atoms with Crippen molar-refractivity contribution in [1.29, 1.82) is 0 Å². The highest BCUT2D eigenvalue weighted by molar-refractivity contribution is 5.90. The summed E-state index contributed by atoms with van der Waals surface area (Å²) in [5.74, 6) is 0.309. The first kappa shape index (κ1) is 12.1. The van der Waals surface area contributed by atoms with E-state index in [4.69, 9.17) is 0 Å². The van der Waals surface area contributed by atoms with Crippen LogP contribution in [0.5, 0.6) is 0 Å². The molecule has 0 amide bonds. The molecule has 0 aromatic heterocycles. The van der Waals surface area contributed by atoms with E-state index in [2.05, 4.69) is 32.0 Å². The Bertz CT molecular complexity index is 434. The fourth-order valence-electron chi connectivity index (χ4n) is 2.52. The van der Waals surface area contributed by atoms with E-state index in [9.17, 15) is 4.79 Å². The van der Waals surface area contributed by atoms with Crippen molar-refractivity contribution >= 4 is 5.78 Å². The third kappa shape index (κ3) is 3.06. The summed E-state index contributed by atoms with van der Waals surface area (Å²) in [5.41, 5.74) is 5.38. The lowest BCUT2D eigenvalue weighted by Gasteiger charge is -2.11. The molecule has 1 nitrogen and oxygen atoms in total. The van der Waals surface area contributed by atoms with Crippen LogP contribution in [0.15, 0.2) is 29.8 Å². The summed E-state index contributed by atoms with van der Waals surface area (Å²) in [5, 5.41) is 0. The van der Waals surface area contributed by atoms with Gasteiger partial charge in [0.05, 0.1) is 0 Å². The number of hydrogen-bond acceptors (Lipinski definition) is 1. The van der Waals surface area contributed by atoms with Gasteiger partial charge >= 0.3 is 0 Å². The summed E-state index contributed by atoms with van der Waals surface area (Å²) >= 11 is 0. The zero-order valence-corrected chi connectivity index (χ0v) is 10.8. The van der Waals surface area contributed by atoms with Crippen molar-refractivity contribution in [3.63, 3.8) is 0 Å². The average molecular weight is 228 g/mol. The van der Waals surface area contributed by atoms with Gasteiger partial charge in [0, 0.05) is 6.42 Å². The molecule has 0 aliphatic heterocycles. The highest BCUT2D eigenvalue weighted by Gasteiger charge is 2.11. The Labute approximate surface area is 104 Å². The molecule has 0 fully saturated rings. The molecule has 0 radical (unpaired) electrons. The van der Waals surface area contributed by atoms with Crippen LogP contribution in [0.3, 0.4) is 0 Å². The Hall–Kier alpha value is -1.37. The van der Waals surface area contributed by atoms with Crippen molar-refractivity contribution in [1.82, 2.24) is 0 Å². The minimum Gasteiger partial charge on any atom is -0.295 e. The van der Waals surface area contributed by atoms with Crippen LogP contribution in [-0.4, -0.2) is 5.78 Å². The van der Waals surface area contributed by atoms with E-state index in [1.165, 1.54) is 22.3 Å². The molecule has 90 valence electrons. The zero-order chi connectivity index (χ0) is 12.3. The van der Waals surface area contributed by atoms with Gasteiger partial charge in [0.15, 0.2) is 5.78 Å². The summed E-state index contributed by atoms with van der Waals surface area (Å²) < 4.78 is 0. The molecule has 0 N–H and O–H groups in total. The third-order valence-electron chi connectivity index (χ3n) is 3.58. The maximum absolute atomic E-state index is 11.6. The summed E-state index contributed by atoms with van der Waals surface area (Å²) in [6.45, 7) is 4.31. The van der Waals surface area contributed by atoms with Crippen LogP contribution in [-0.2, 0) is 11.2 Å². The topological polar surface area (TPSA) is 17.1 Å². The molecule has 1 heteroatoms. The number of carbonyl (C=O) groups excluding carboxylic acids is 1.